The number of imidazole rings is 1. The van der Waals surface area contributed by atoms with Crippen LogP contribution in [0.25, 0.3) is 16.9 Å². The third-order valence-electron chi connectivity index (χ3n) is 5.81. The van der Waals surface area contributed by atoms with Crippen LogP contribution in [-0.4, -0.2) is 20.2 Å². The first-order valence-electron chi connectivity index (χ1n) is 10.4. The number of benzene rings is 2. The van der Waals surface area contributed by atoms with Gasteiger partial charge in [-0.15, -0.1) is 0 Å². The summed E-state index contributed by atoms with van der Waals surface area (Å²) in [5.74, 6) is 1.60. The van der Waals surface area contributed by atoms with Crippen molar-refractivity contribution in [3.8, 4) is 11.3 Å². The van der Waals surface area contributed by atoms with E-state index in [2.05, 4.69) is 34.3 Å². The number of hydrogen-bond donors (Lipinski definition) is 1. The van der Waals surface area contributed by atoms with Crippen LogP contribution in [0.15, 0.2) is 67.1 Å². The van der Waals surface area contributed by atoms with Crippen molar-refractivity contribution in [3.63, 3.8) is 0 Å². The van der Waals surface area contributed by atoms with Crippen molar-refractivity contribution in [2.45, 2.75) is 32.7 Å². The molecule has 0 amide bonds. The van der Waals surface area contributed by atoms with Gasteiger partial charge in [-0.1, -0.05) is 48.5 Å². The van der Waals surface area contributed by atoms with Crippen LogP contribution in [0.2, 0.25) is 0 Å². The van der Waals surface area contributed by atoms with Crippen molar-refractivity contribution in [1.29, 1.82) is 0 Å². The average Bonchev–Trinajstić information content (AvgIpc) is 3.48. The Labute approximate surface area is 175 Å². The number of ketones is 1. The molecule has 1 aliphatic rings. The maximum atomic E-state index is 12.3. The van der Waals surface area contributed by atoms with E-state index in [1.165, 1.54) is 24.0 Å². The van der Waals surface area contributed by atoms with E-state index in [-0.39, 0.29) is 5.78 Å². The first kappa shape index (κ1) is 18.6. The number of aryl methyl sites for hydroxylation is 1. The van der Waals surface area contributed by atoms with Gasteiger partial charge in [0.2, 0.25) is 0 Å². The Morgan fingerprint density at radius 3 is 2.67 bits per heavy atom. The maximum absolute atomic E-state index is 12.3. The Hall–Kier alpha value is -3.47. The van der Waals surface area contributed by atoms with Gasteiger partial charge in [-0.3, -0.25) is 9.20 Å². The largest absolute Gasteiger partial charge is 0.363 e. The molecule has 0 aliphatic heterocycles. The van der Waals surface area contributed by atoms with E-state index in [0.29, 0.717) is 18.9 Å². The van der Waals surface area contributed by atoms with Gasteiger partial charge in [0, 0.05) is 36.5 Å². The molecule has 1 saturated carbocycles. The predicted octanol–water partition coefficient (Wildman–Crippen LogP) is 5.30. The fourth-order valence-corrected chi connectivity index (χ4v) is 3.77. The van der Waals surface area contributed by atoms with E-state index < -0.39 is 0 Å². The maximum Gasteiger partial charge on any atom is 0.180 e. The highest BCUT2D eigenvalue weighted by atomic mass is 16.1. The van der Waals surface area contributed by atoms with Crippen molar-refractivity contribution < 1.29 is 4.79 Å². The van der Waals surface area contributed by atoms with Crippen LogP contribution in [0.5, 0.6) is 0 Å². The zero-order chi connectivity index (χ0) is 20.5. The number of nitrogens with one attached hydrogen (secondary N) is 1. The molecule has 0 saturated heterocycles. The second-order valence-corrected chi connectivity index (χ2v) is 8.04. The van der Waals surface area contributed by atoms with Gasteiger partial charge in [-0.25, -0.2) is 9.97 Å². The third-order valence-corrected chi connectivity index (χ3v) is 5.81. The lowest BCUT2D eigenvalue weighted by atomic mass is 10.0. The highest BCUT2D eigenvalue weighted by Gasteiger charge is 2.24. The molecule has 2 aromatic heterocycles. The molecule has 2 heterocycles. The Balaban J connectivity index is 1.39. The van der Waals surface area contributed by atoms with Gasteiger partial charge in [-0.05, 0) is 36.8 Å². The molecule has 1 aliphatic carbocycles. The zero-order valence-electron chi connectivity index (χ0n) is 17.0. The fraction of sp³-hybridized carbons (Fsp3) is 0.240. The number of aromatic nitrogens is 3. The van der Waals surface area contributed by atoms with Crippen molar-refractivity contribution in [1.82, 2.24) is 14.4 Å². The Morgan fingerprint density at radius 1 is 1.10 bits per heavy atom. The summed E-state index contributed by atoms with van der Waals surface area (Å²) in [5.41, 5.74) is 6.07. The summed E-state index contributed by atoms with van der Waals surface area (Å²) in [7, 11) is 0. The van der Waals surface area contributed by atoms with E-state index in [1.54, 1.807) is 6.20 Å². The first-order valence-corrected chi connectivity index (χ1v) is 10.4. The van der Waals surface area contributed by atoms with Gasteiger partial charge in [-0.2, -0.15) is 0 Å². The van der Waals surface area contributed by atoms with Crippen LogP contribution in [0, 0.1) is 12.8 Å². The Kier molecular flexibility index (Phi) is 4.79. The van der Waals surface area contributed by atoms with Gasteiger partial charge in [0.1, 0.15) is 0 Å². The standard InChI is InChI=1S/C25H24N4O/c1-17-4-2-3-5-21(17)15-27-24-25-28-16-22(29(25)13-12-26-24)19-8-10-20(11-9-19)23(30)14-18-6-7-18/h2-5,8-13,16,18H,6-7,14-15H2,1H3,(H,26,27). The number of Topliss-reactive ketones (excluding diaryl/α,β-unsaturated/α-hetero) is 1. The molecule has 0 unspecified atom stereocenters. The van der Waals surface area contributed by atoms with Crippen molar-refractivity contribution in [2.75, 3.05) is 5.32 Å². The van der Waals surface area contributed by atoms with Gasteiger partial charge < -0.3 is 5.32 Å². The second-order valence-electron chi connectivity index (χ2n) is 8.04. The molecule has 5 nitrogen and oxygen atoms in total. The summed E-state index contributed by atoms with van der Waals surface area (Å²) in [5, 5.41) is 3.42. The molecular formula is C25H24N4O. The van der Waals surface area contributed by atoms with Crippen LogP contribution in [0.1, 0.15) is 40.7 Å². The molecule has 5 rings (SSSR count). The molecule has 2 aromatic carbocycles. The van der Waals surface area contributed by atoms with Gasteiger partial charge in [0.25, 0.3) is 0 Å². The topological polar surface area (TPSA) is 59.3 Å². The lowest BCUT2D eigenvalue weighted by molar-refractivity contribution is 0.0976. The second kappa shape index (κ2) is 7.75. The summed E-state index contributed by atoms with van der Waals surface area (Å²) in [6, 6.07) is 16.2. The number of hydrogen-bond acceptors (Lipinski definition) is 4. The number of carbonyl (C=O) groups is 1. The van der Waals surface area contributed by atoms with E-state index in [9.17, 15) is 4.79 Å². The van der Waals surface area contributed by atoms with Crippen LogP contribution in [-0.2, 0) is 6.54 Å². The van der Waals surface area contributed by atoms with E-state index in [0.717, 1.165) is 28.3 Å². The summed E-state index contributed by atoms with van der Waals surface area (Å²) in [4.78, 5) is 21.4. The van der Waals surface area contributed by atoms with Gasteiger partial charge in [0.15, 0.2) is 17.2 Å². The fourth-order valence-electron chi connectivity index (χ4n) is 3.77. The highest BCUT2D eigenvalue weighted by Crippen LogP contribution is 2.33. The quantitative estimate of drug-likeness (QED) is 0.431. The smallest absolute Gasteiger partial charge is 0.180 e. The lowest BCUT2D eigenvalue weighted by Gasteiger charge is -2.10. The minimum absolute atomic E-state index is 0.245. The number of fused-ring (bicyclic) bond motifs is 1. The first-order chi connectivity index (χ1) is 14.7. The van der Waals surface area contributed by atoms with Crippen molar-refractivity contribution in [3.05, 3.63) is 83.8 Å². The zero-order valence-corrected chi connectivity index (χ0v) is 17.0. The molecule has 0 atom stereocenters. The van der Waals surface area contributed by atoms with Gasteiger partial charge in [0.05, 0.1) is 11.9 Å². The monoisotopic (exact) mass is 396 g/mol. The molecule has 30 heavy (non-hydrogen) atoms. The predicted molar refractivity (Wildman–Crippen MR) is 119 cm³/mol. The van der Waals surface area contributed by atoms with E-state index in [4.69, 9.17) is 0 Å². The summed E-state index contributed by atoms with van der Waals surface area (Å²) < 4.78 is 2.04. The van der Waals surface area contributed by atoms with Crippen LogP contribution >= 0.6 is 0 Å². The SMILES string of the molecule is Cc1ccccc1CNc1nccn2c(-c3ccc(C(=O)CC4CC4)cc3)cnc12. The molecule has 0 radical (unpaired) electrons. The lowest BCUT2D eigenvalue weighted by Crippen LogP contribution is -2.05. The number of rotatable bonds is 7. The summed E-state index contributed by atoms with van der Waals surface area (Å²) in [6.45, 7) is 2.80. The minimum Gasteiger partial charge on any atom is -0.363 e. The molecule has 150 valence electrons. The summed E-state index contributed by atoms with van der Waals surface area (Å²) in [6.07, 6.45) is 8.63. The number of carbonyl (C=O) groups excluding carboxylic acids is 1. The van der Waals surface area contributed by atoms with Crippen molar-refractivity contribution >= 4 is 17.2 Å². The highest BCUT2D eigenvalue weighted by molar-refractivity contribution is 5.96. The number of anilines is 1. The Bertz CT molecular complexity index is 1210. The third kappa shape index (κ3) is 3.71. The Morgan fingerprint density at radius 2 is 1.90 bits per heavy atom. The van der Waals surface area contributed by atoms with Crippen molar-refractivity contribution in [2.24, 2.45) is 5.92 Å². The van der Waals surface area contributed by atoms with E-state index in [1.807, 2.05) is 53.2 Å². The molecule has 0 spiro atoms. The van der Waals surface area contributed by atoms with Gasteiger partial charge >= 0.3 is 0 Å². The average molecular weight is 396 g/mol. The van der Waals surface area contributed by atoms with Crippen LogP contribution in [0.3, 0.4) is 0 Å². The molecule has 1 N–H and O–H groups in total. The van der Waals surface area contributed by atoms with Crippen LogP contribution in [0.4, 0.5) is 5.82 Å². The molecule has 4 aromatic rings. The molecule has 5 heteroatoms. The summed E-state index contributed by atoms with van der Waals surface area (Å²) >= 11 is 0. The number of nitrogens with zero attached hydrogens (tertiary/aromatic N) is 3. The molecular weight excluding hydrogens is 372 g/mol. The van der Waals surface area contributed by atoms with Crippen LogP contribution < -0.4 is 5.32 Å². The normalized spacial score (nSPS) is 13.5. The van der Waals surface area contributed by atoms with E-state index >= 15 is 0 Å². The molecule has 1 fully saturated rings. The minimum atomic E-state index is 0.245. The molecule has 0 bridgehead atoms.